The molecule has 4 aromatic rings. The maximum Gasteiger partial charge on any atom is 0.165 e. The van der Waals surface area contributed by atoms with Crippen LogP contribution >= 0.6 is 0 Å². The van der Waals surface area contributed by atoms with E-state index in [4.69, 9.17) is 24.7 Å². The van der Waals surface area contributed by atoms with Crippen LogP contribution in [-0.4, -0.2) is 44.4 Å². The highest BCUT2D eigenvalue weighted by molar-refractivity contribution is 5.48. The summed E-state index contributed by atoms with van der Waals surface area (Å²) < 4.78 is 49.2. The van der Waals surface area contributed by atoms with Gasteiger partial charge in [-0.3, -0.25) is 4.90 Å². The molecule has 0 unspecified atom stereocenters. The number of nitrogens with zero attached hydrogens (tertiary/aromatic N) is 1. The predicted octanol–water partition coefficient (Wildman–Crippen LogP) is 5.94. The van der Waals surface area contributed by atoms with Crippen molar-refractivity contribution in [2.24, 2.45) is 5.73 Å². The summed E-state index contributed by atoms with van der Waals surface area (Å²) in [6, 6.07) is 26.9. The number of hydrogen-bond acceptors (Lipinski definition) is 6. The second-order valence-corrected chi connectivity index (χ2v) is 10.4. The molecule has 0 amide bonds. The molecule has 0 fully saturated rings. The molecule has 4 aromatic carbocycles. The Hall–Kier alpha value is -4.14. The summed E-state index contributed by atoms with van der Waals surface area (Å²) in [7, 11) is 3.16. The fourth-order valence-electron chi connectivity index (χ4n) is 5.41. The van der Waals surface area contributed by atoms with Crippen LogP contribution in [0.5, 0.6) is 23.0 Å². The van der Waals surface area contributed by atoms with Crippen LogP contribution < -0.4 is 24.7 Å². The summed E-state index contributed by atoms with van der Waals surface area (Å²) in [5.74, 6) is 1.25. The van der Waals surface area contributed by atoms with E-state index >= 15 is 0 Å². The van der Waals surface area contributed by atoms with Crippen molar-refractivity contribution >= 4 is 0 Å². The van der Waals surface area contributed by atoms with Crippen molar-refractivity contribution in [1.29, 1.82) is 0 Å². The third-order valence-electron chi connectivity index (χ3n) is 7.52. The Kier molecular flexibility index (Phi) is 9.56. The maximum absolute atomic E-state index is 14.2. The van der Waals surface area contributed by atoms with Crippen molar-refractivity contribution in [3.63, 3.8) is 0 Å². The molecule has 6 rings (SSSR count). The summed E-state index contributed by atoms with van der Waals surface area (Å²) in [6.07, 6.45) is 1.28. The molecule has 2 aliphatic heterocycles. The lowest BCUT2D eigenvalue weighted by atomic mass is 9.98. The van der Waals surface area contributed by atoms with Gasteiger partial charge in [-0.25, -0.2) is 8.78 Å². The van der Waals surface area contributed by atoms with Crippen LogP contribution in [0.3, 0.4) is 0 Å². The van der Waals surface area contributed by atoms with Gasteiger partial charge in [-0.15, -0.1) is 0 Å². The highest BCUT2D eigenvalue weighted by Gasteiger charge is 2.30. The first-order chi connectivity index (χ1) is 20.5. The quantitative estimate of drug-likeness (QED) is 0.295. The van der Waals surface area contributed by atoms with Gasteiger partial charge in [0.2, 0.25) is 0 Å². The molecule has 42 heavy (non-hydrogen) atoms. The maximum atomic E-state index is 14.2. The summed E-state index contributed by atoms with van der Waals surface area (Å²) >= 11 is 0. The zero-order chi connectivity index (χ0) is 29.5. The second-order valence-electron chi connectivity index (χ2n) is 10.4. The monoisotopic (exact) mass is 574 g/mol. The Morgan fingerprint density at radius 2 is 1.17 bits per heavy atom. The van der Waals surface area contributed by atoms with E-state index < -0.39 is 0 Å². The van der Waals surface area contributed by atoms with Gasteiger partial charge in [0.25, 0.3) is 0 Å². The number of rotatable bonds is 7. The van der Waals surface area contributed by atoms with Crippen molar-refractivity contribution in [3.8, 4) is 23.0 Å². The van der Waals surface area contributed by atoms with E-state index in [1.165, 1.54) is 23.3 Å². The van der Waals surface area contributed by atoms with Crippen LogP contribution in [0.25, 0.3) is 0 Å². The normalized spacial score (nSPS) is 17.1. The number of nitrogens with two attached hydrogens (primary N) is 1. The SMILES string of the molecule is COc1ccc(F)c2c1C[C@@H](N(Cc1ccccc1)Cc1ccccc1)CO2.COc1ccc(F)c2c1C[C@@H](N)CO2. The molecular formula is C34H36F2N2O4. The summed E-state index contributed by atoms with van der Waals surface area (Å²) in [6.45, 7) is 2.42. The van der Waals surface area contributed by atoms with E-state index in [-0.39, 0.29) is 29.5 Å². The minimum atomic E-state index is -0.354. The minimum absolute atomic E-state index is 0.0850. The second kappa shape index (κ2) is 13.7. The molecule has 0 bridgehead atoms. The summed E-state index contributed by atoms with van der Waals surface area (Å²) in [5.41, 5.74) is 9.75. The highest BCUT2D eigenvalue weighted by Crippen LogP contribution is 2.37. The number of fused-ring (bicyclic) bond motifs is 2. The van der Waals surface area contributed by atoms with Crippen molar-refractivity contribution in [2.75, 3.05) is 27.4 Å². The molecule has 0 saturated heterocycles. The molecule has 0 spiro atoms. The molecule has 0 aliphatic carbocycles. The van der Waals surface area contributed by atoms with Crippen LogP contribution in [0.2, 0.25) is 0 Å². The largest absolute Gasteiger partial charge is 0.496 e. The number of benzene rings is 4. The summed E-state index contributed by atoms with van der Waals surface area (Å²) in [4.78, 5) is 2.40. The third kappa shape index (κ3) is 6.83. The van der Waals surface area contributed by atoms with Crippen LogP contribution in [0.4, 0.5) is 8.78 Å². The topological polar surface area (TPSA) is 66.2 Å². The Balaban J connectivity index is 0.000000211. The van der Waals surface area contributed by atoms with E-state index in [0.29, 0.717) is 43.3 Å². The van der Waals surface area contributed by atoms with Gasteiger partial charge < -0.3 is 24.7 Å². The first kappa shape index (κ1) is 29.4. The van der Waals surface area contributed by atoms with Crippen molar-refractivity contribution in [3.05, 3.63) is 119 Å². The molecule has 0 aromatic heterocycles. The van der Waals surface area contributed by atoms with E-state index in [1.807, 2.05) is 12.1 Å². The van der Waals surface area contributed by atoms with E-state index in [1.54, 1.807) is 26.4 Å². The molecule has 2 heterocycles. The predicted molar refractivity (Wildman–Crippen MR) is 158 cm³/mol. The lowest BCUT2D eigenvalue weighted by molar-refractivity contribution is 0.102. The first-order valence-corrected chi connectivity index (χ1v) is 14.0. The number of methoxy groups -OCH3 is 2. The standard InChI is InChI=1S/C24H24FNO2.C10H12FNO2/c1-27-23-13-12-22(25)24-21(23)14-20(17-28-24)26(15-18-8-4-2-5-9-18)16-19-10-6-3-7-11-19;1-13-9-3-2-8(11)10-7(9)4-6(12)5-14-10/h2-13,20H,14-17H2,1H3;2-3,6H,4-5,12H2,1H3/t20-;6-/m11/s1. The fourth-order valence-corrected chi connectivity index (χ4v) is 5.41. The average Bonchev–Trinajstić information content (AvgIpc) is 3.02. The molecule has 2 atom stereocenters. The van der Waals surface area contributed by atoms with Gasteiger partial charge in [0.1, 0.15) is 24.7 Å². The first-order valence-electron chi connectivity index (χ1n) is 14.0. The minimum Gasteiger partial charge on any atom is -0.496 e. The molecule has 0 radical (unpaired) electrons. The average molecular weight is 575 g/mol. The smallest absolute Gasteiger partial charge is 0.165 e. The van der Waals surface area contributed by atoms with Crippen molar-refractivity contribution in [1.82, 2.24) is 4.90 Å². The van der Waals surface area contributed by atoms with Crippen molar-refractivity contribution < 1.29 is 27.7 Å². The highest BCUT2D eigenvalue weighted by atomic mass is 19.1. The van der Waals surface area contributed by atoms with Crippen LogP contribution in [0, 0.1) is 11.6 Å². The lowest BCUT2D eigenvalue weighted by Crippen LogP contribution is -2.42. The molecule has 0 saturated carbocycles. The van der Waals surface area contributed by atoms with Gasteiger partial charge in [-0.05, 0) is 48.2 Å². The van der Waals surface area contributed by atoms with Gasteiger partial charge in [-0.1, -0.05) is 60.7 Å². The number of ether oxygens (including phenoxy) is 4. The van der Waals surface area contributed by atoms with E-state index in [0.717, 1.165) is 24.2 Å². The van der Waals surface area contributed by atoms with Gasteiger partial charge in [0, 0.05) is 36.3 Å². The Labute approximate surface area is 245 Å². The van der Waals surface area contributed by atoms with Crippen LogP contribution in [0.15, 0.2) is 84.9 Å². The Bertz CT molecular complexity index is 1430. The Morgan fingerprint density at radius 3 is 1.67 bits per heavy atom. The van der Waals surface area contributed by atoms with Crippen LogP contribution in [0.1, 0.15) is 22.3 Å². The van der Waals surface area contributed by atoms with Gasteiger partial charge in [0.05, 0.1) is 14.2 Å². The number of hydrogen-bond donors (Lipinski definition) is 1. The van der Waals surface area contributed by atoms with E-state index in [9.17, 15) is 8.78 Å². The molecule has 2 N–H and O–H groups in total. The zero-order valence-corrected chi connectivity index (χ0v) is 23.9. The summed E-state index contributed by atoms with van der Waals surface area (Å²) in [5, 5.41) is 0. The molecule has 8 heteroatoms. The molecular weight excluding hydrogens is 538 g/mol. The van der Waals surface area contributed by atoms with Gasteiger partial charge >= 0.3 is 0 Å². The number of halogens is 2. The van der Waals surface area contributed by atoms with E-state index in [2.05, 4.69) is 53.4 Å². The van der Waals surface area contributed by atoms with Gasteiger partial charge in [0.15, 0.2) is 23.1 Å². The molecule has 2 aliphatic rings. The van der Waals surface area contributed by atoms with Crippen LogP contribution in [-0.2, 0) is 25.9 Å². The van der Waals surface area contributed by atoms with Crippen molar-refractivity contribution in [2.45, 2.75) is 38.0 Å². The van der Waals surface area contributed by atoms with Gasteiger partial charge in [-0.2, -0.15) is 0 Å². The Morgan fingerprint density at radius 1 is 0.690 bits per heavy atom. The molecule has 6 nitrogen and oxygen atoms in total. The molecule has 220 valence electrons. The fraction of sp³-hybridized carbons (Fsp3) is 0.294. The third-order valence-corrected chi connectivity index (χ3v) is 7.52. The lowest BCUT2D eigenvalue weighted by Gasteiger charge is -2.35. The zero-order valence-electron chi connectivity index (χ0n) is 23.9.